The highest BCUT2D eigenvalue weighted by Gasteiger charge is 2.20. The Morgan fingerprint density at radius 1 is 0.931 bits per heavy atom. The molecule has 0 saturated heterocycles. The smallest absolute Gasteiger partial charge is 0.267 e. The predicted octanol–water partition coefficient (Wildman–Crippen LogP) is 4.61. The third-order valence-electron chi connectivity index (χ3n) is 4.25. The van der Waals surface area contributed by atoms with E-state index in [-0.39, 0.29) is 5.56 Å². The summed E-state index contributed by atoms with van der Waals surface area (Å²) < 4.78 is 0. The minimum atomic E-state index is -0.782. The van der Waals surface area contributed by atoms with Gasteiger partial charge in [0.05, 0.1) is 27.2 Å². The van der Waals surface area contributed by atoms with E-state index in [1.54, 1.807) is 0 Å². The lowest BCUT2D eigenvalue weighted by atomic mass is 10.0. The van der Waals surface area contributed by atoms with Crippen molar-refractivity contribution in [3.8, 4) is 0 Å². The molecule has 0 fully saturated rings. The van der Waals surface area contributed by atoms with Crippen molar-refractivity contribution in [2.45, 2.75) is 39.0 Å². The first-order chi connectivity index (χ1) is 13.9. The zero-order valence-corrected chi connectivity index (χ0v) is 16.0. The van der Waals surface area contributed by atoms with Gasteiger partial charge in [-0.1, -0.05) is 56.5 Å². The van der Waals surface area contributed by atoms with E-state index in [4.69, 9.17) is 0 Å². The lowest BCUT2D eigenvalue weighted by molar-refractivity contribution is -0.394. The van der Waals surface area contributed by atoms with Crippen LogP contribution in [0.5, 0.6) is 0 Å². The van der Waals surface area contributed by atoms with Crippen LogP contribution in [0.2, 0.25) is 0 Å². The van der Waals surface area contributed by atoms with Gasteiger partial charge < -0.3 is 0 Å². The minimum Gasteiger partial charge on any atom is -0.267 e. The van der Waals surface area contributed by atoms with Crippen molar-refractivity contribution in [3.05, 3.63) is 79.9 Å². The van der Waals surface area contributed by atoms with Gasteiger partial charge in [-0.05, 0) is 18.4 Å². The summed E-state index contributed by atoms with van der Waals surface area (Å²) in [5, 5.41) is 26.2. The molecule has 0 aromatic heterocycles. The Labute approximate surface area is 167 Å². The third-order valence-corrected chi connectivity index (χ3v) is 4.25. The van der Waals surface area contributed by atoms with E-state index >= 15 is 0 Å². The zero-order valence-electron chi connectivity index (χ0n) is 16.0. The molecule has 0 radical (unpaired) electrons. The number of rotatable bonds is 10. The Hall–Kier alpha value is -3.62. The monoisotopic (exact) mass is 398 g/mol. The second-order valence-electron chi connectivity index (χ2n) is 6.43. The Kier molecular flexibility index (Phi) is 7.96. The van der Waals surface area contributed by atoms with E-state index in [0.717, 1.165) is 49.4 Å². The molecule has 2 aromatic rings. The maximum atomic E-state index is 12.4. The van der Waals surface area contributed by atoms with Gasteiger partial charge >= 0.3 is 0 Å². The molecule has 1 N–H and O–H groups in total. The van der Waals surface area contributed by atoms with Gasteiger partial charge in [-0.2, -0.15) is 5.10 Å². The van der Waals surface area contributed by atoms with Crippen molar-refractivity contribution in [2.75, 3.05) is 0 Å². The molecule has 1 amide bonds. The van der Waals surface area contributed by atoms with Gasteiger partial charge in [-0.25, -0.2) is 5.43 Å². The molecule has 0 aliphatic heterocycles. The normalized spacial score (nSPS) is 11.1. The fourth-order valence-electron chi connectivity index (χ4n) is 2.73. The number of nitro benzene ring substituents is 2. The van der Waals surface area contributed by atoms with Crippen LogP contribution < -0.4 is 5.43 Å². The molecule has 2 rings (SSSR count). The summed E-state index contributed by atoms with van der Waals surface area (Å²) in [4.78, 5) is 32.9. The van der Waals surface area contributed by atoms with E-state index in [2.05, 4.69) is 17.5 Å². The van der Waals surface area contributed by atoms with E-state index in [9.17, 15) is 25.0 Å². The van der Waals surface area contributed by atoms with Crippen molar-refractivity contribution >= 4 is 23.0 Å². The molecule has 0 bridgehead atoms. The highest BCUT2D eigenvalue weighted by atomic mass is 16.6. The van der Waals surface area contributed by atoms with E-state index in [1.165, 1.54) is 0 Å². The molecule has 9 nitrogen and oxygen atoms in total. The molecule has 29 heavy (non-hydrogen) atoms. The summed E-state index contributed by atoms with van der Waals surface area (Å²) >= 11 is 0. The van der Waals surface area contributed by atoms with Gasteiger partial charge in [-0.3, -0.25) is 25.0 Å². The fraction of sp³-hybridized carbons (Fsp3) is 0.300. The lowest BCUT2D eigenvalue weighted by Crippen LogP contribution is -2.20. The number of carbonyl (C=O) groups is 1. The summed E-state index contributed by atoms with van der Waals surface area (Å²) in [5.41, 5.74) is 2.64. The minimum absolute atomic E-state index is 0.201. The average Bonchev–Trinajstić information content (AvgIpc) is 2.73. The Morgan fingerprint density at radius 2 is 1.55 bits per heavy atom. The topological polar surface area (TPSA) is 128 Å². The number of nitro groups is 2. The largest absolute Gasteiger partial charge is 0.277 e. The molecular formula is C20H22N4O5. The van der Waals surface area contributed by atoms with Crippen molar-refractivity contribution in [1.29, 1.82) is 0 Å². The first kappa shape index (κ1) is 21.7. The molecule has 0 unspecified atom stereocenters. The highest BCUT2D eigenvalue weighted by Crippen LogP contribution is 2.22. The van der Waals surface area contributed by atoms with Gasteiger partial charge in [0.2, 0.25) is 0 Å². The molecular weight excluding hydrogens is 376 g/mol. The average molecular weight is 398 g/mol. The molecule has 0 aliphatic rings. The lowest BCUT2D eigenvalue weighted by Gasteiger charge is -2.08. The van der Waals surface area contributed by atoms with Crippen LogP contribution in [-0.4, -0.2) is 21.5 Å². The molecule has 152 valence electrons. The first-order valence-corrected chi connectivity index (χ1v) is 9.28. The summed E-state index contributed by atoms with van der Waals surface area (Å²) in [7, 11) is 0. The molecule has 0 spiro atoms. The summed E-state index contributed by atoms with van der Waals surface area (Å²) in [5.74, 6) is -0.751. The molecule has 0 aliphatic carbocycles. The van der Waals surface area contributed by atoms with E-state index in [1.807, 2.05) is 30.3 Å². The number of hydrogen-bond donors (Lipinski definition) is 1. The van der Waals surface area contributed by atoms with Gasteiger partial charge in [0.25, 0.3) is 17.3 Å². The van der Waals surface area contributed by atoms with Crippen LogP contribution in [0, 0.1) is 20.2 Å². The van der Waals surface area contributed by atoms with Gasteiger partial charge in [0, 0.05) is 12.1 Å². The number of non-ortho nitro benzene ring substituents is 2. The summed E-state index contributed by atoms with van der Waals surface area (Å²) in [6.07, 6.45) is 4.79. The van der Waals surface area contributed by atoms with Crippen LogP contribution >= 0.6 is 0 Å². The van der Waals surface area contributed by atoms with Crippen molar-refractivity contribution < 1.29 is 14.6 Å². The zero-order chi connectivity index (χ0) is 21.2. The third kappa shape index (κ3) is 6.49. The molecule has 0 heterocycles. The number of hydrogen-bond acceptors (Lipinski definition) is 6. The van der Waals surface area contributed by atoms with Crippen LogP contribution in [-0.2, 0) is 0 Å². The van der Waals surface area contributed by atoms with Crippen molar-refractivity contribution in [2.24, 2.45) is 5.10 Å². The predicted molar refractivity (Wildman–Crippen MR) is 109 cm³/mol. The second-order valence-corrected chi connectivity index (χ2v) is 6.43. The quantitative estimate of drug-likeness (QED) is 0.270. The van der Waals surface area contributed by atoms with Crippen molar-refractivity contribution in [1.82, 2.24) is 5.43 Å². The number of hydrazone groups is 1. The highest BCUT2D eigenvalue weighted by molar-refractivity contribution is 6.02. The maximum Gasteiger partial charge on any atom is 0.277 e. The SMILES string of the molecule is CCCCCC/C(=N/NC(=O)c1cc([N+](=O)[O-])cc([N+](=O)[O-])c1)c1ccccc1. The Bertz CT molecular complexity index is 880. The maximum absolute atomic E-state index is 12.4. The summed E-state index contributed by atoms with van der Waals surface area (Å²) in [6.45, 7) is 2.12. The van der Waals surface area contributed by atoms with Gasteiger partial charge in [-0.15, -0.1) is 0 Å². The van der Waals surface area contributed by atoms with Crippen LogP contribution in [0.25, 0.3) is 0 Å². The fourth-order valence-corrected chi connectivity index (χ4v) is 2.73. The number of benzene rings is 2. The number of nitrogens with zero attached hydrogens (tertiary/aromatic N) is 3. The first-order valence-electron chi connectivity index (χ1n) is 9.28. The van der Waals surface area contributed by atoms with Gasteiger partial charge in [0.1, 0.15) is 0 Å². The summed E-state index contributed by atoms with van der Waals surface area (Å²) in [6, 6.07) is 12.1. The number of unbranched alkanes of at least 4 members (excludes halogenated alkanes) is 3. The second kappa shape index (κ2) is 10.6. The van der Waals surface area contributed by atoms with Gasteiger partial charge in [0.15, 0.2) is 0 Å². The Morgan fingerprint density at radius 3 is 2.10 bits per heavy atom. The van der Waals surface area contributed by atoms with E-state index in [0.29, 0.717) is 12.1 Å². The number of amides is 1. The number of nitrogens with one attached hydrogen (secondary N) is 1. The van der Waals surface area contributed by atoms with Crippen LogP contribution in [0.3, 0.4) is 0 Å². The van der Waals surface area contributed by atoms with Crippen LogP contribution in [0.4, 0.5) is 11.4 Å². The van der Waals surface area contributed by atoms with Crippen molar-refractivity contribution in [3.63, 3.8) is 0 Å². The van der Waals surface area contributed by atoms with E-state index < -0.39 is 27.1 Å². The Balaban J connectivity index is 2.24. The van der Waals surface area contributed by atoms with Crippen LogP contribution in [0.15, 0.2) is 53.6 Å². The van der Waals surface area contributed by atoms with Crippen LogP contribution in [0.1, 0.15) is 54.9 Å². The molecule has 0 atom stereocenters. The molecule has 0 saturated carbocycles. The number of carbonyl (C=O) groups excluding carboxylic acids is 1. The molecule has 2 aromatic carbocycles. The standard InChI is InChI=1S/C20H22N4O5/c1-2-3-4-8-11-19(15-9-6-5-7-10-15)21-22-20(25)16-12-17(23(26)27)14-18(13-16)24(28)29/h5-7,9-10,12-14H,2-4,8,11H2,1H3,(H,22,25)/b21-19-. The molecule has 9 heteroatoms.